The van der Waals surface area contributed by atoms with Gasteiger partial charge in [0.25, 0.3) is 0 Å². The molecule has 1 fully saturated rings. The number of para-hydroxylation sites is 1. The zero-order chi connectivity index (χ0) is 24.7. The third-order valence-electron chi connectivity index (χ3n) is 6.15. The molecule has 1 saturated heterocycles. The number of ether oxygens (including phenoxy) is 1. The van der Waals surface area contributed by atoms with Crippen molar-refractivity contribution in [2.24, 2.45) is 5.92 Å². The van der Waals surface area contributed by atoms with Gasteiger partial charge in [0.1, 0.15) is 12.4 Å². The summed E-state index contributed by atoms with van der Waals surface area (Å²) in [7, 11) is 0. The second-order valence-corrected chi connectivity index (χ2v) is 8.49. The fraction of sp³-hybridized carbons (Fsp3) is 0.333. The second-order valence-electron chi connectivity index (χ2n) is 8.49. The van der Waals surface area contributed by atoms with Crippen molar-refractivity contribution in [3.63, 3.8) is 0 Å². The molecule has 3 aromatic rings. The topological polar surface area (TPSA) is 54.5 Å². The van der Waals surface area contributed by atoms with Gasteiger partial charge in [0, 0.05) is 12.1 Å². The zero-order valence-electron chi connectivity index (χ0n) is 19.2. The highest BCUT2D eigenvalue weighted by Crippen LogP contribution is 2.34. The largest absolute Gasteiger partial charge is 0.492 e. The number of alkyl halides is 3. The third kappa shape index (κ3) is 6.39. The molecule has 1 aliphatic rings. The number of hydrogen-bond acceptors (Lipinski definition) is 4. The van der Waals surface area contributed by atoms with E-state index < -0.39 is 17.8 Å². The Morgan fingerprint density at radius 2 is 1.69 bits per heavy atom. The van der Waals surface area contributed by atoms with E-state index in [1.54, 1.807) is 23.2 Å². The van der Waals surface area contributed by atoms with Crippen molar-refractivity contribution in [3.8, 4) is 5.75 Å². The maximum atomic E-state index is 13.8. The molecule has 0 aliphatic carbocycles. The number of rotatable bonds is 8. The normalized spacial score (nSPS) is 15.4. The molecule has 8 heteroatoms. The average molecular weight is 484 g/mol. The van der Waals surface area contributed by atoms with Crippen molar-refractivity contribution in [3.05, 3.63) is 95.8 Å². The van der Waals surface area contributed by atoms with Crippen LogP contribution in [0.3, 0.4) is 0 Å². The summed E-state index contributed by atoms with van der Waals surface area (Å²) in [6, 6.07) is 19.0. The fourth-order valence-corrected chi connectivity index (χ4v) is 4.35. The van der Waals surface area contributed by atoms with Crippen LogP contribution in [0.2, 0.25) is 0 Å². The van der Waals surface area contributed by atoms with Crippen molar-refractivity contribution in [1.29, 1.82) is 0 Å². The summed E-state index contributed by atoms with van der Waals surface area (Å²) >= 11 is 0. The highest BCUT2D eigenvalue weighted by Gasteiger charge is 2.34. The number of pyridine rings is 1. The third-order valence-corrected chi connectivity index (χ3v) is 6.15. The maximum Gasteiger partial charge on any atom is 0.416 e. The molecule has 2 aromatic carbocycles. The minimum atomic E-state index is -4.44. The predicted molar refractivity (Wildman–Crippen MR) is 127 cm³/mol. The van der Waals surface area contributed by atoms with Crippen LogP contribution in [-0.2, 0) is 11.0 Å². The van der Waals surface area contributed by atoms with Crippen LogP contribution >= 0.6 is 0 Å². The molecule has 35 heavy (non-hydrogen) atoms. The number of aromatic nitrogens is 1. The Morgan fingerprint density at radius 1 is 1.00 bits per heavy atom. The van der Waals surface area contributed by atoms with Gasteiger partial charge in [-0.05, 0) is 67.9 Å². The number of nitrogens with one attached hydrogen (secondary N) is 1. The molecule has 1 aliphatic heterocycles. The number of nitrogens with zero attached hydrogens (tertiary/aromatic N) is 2. The van der Waals surface area contributed by atoms with E-state index in [1.807, 2.05) is 36.4 Å². The van der Waals surface area contributed by atoms with E-state index in [0.29, 0.717) is 29.8 Å². The first-order valence-corrected chi connectivity index (χ1v) is 11.7. The van der Waals surface area contributed by atoms with Crippen LogP contribution in [0.15, 0.2) is 79.0 Å². The van der Waals surface area contributed by atoms with Gasteiger partial charge in [-0.1, -0.05) is 36.4 Å². The van der Waals surface area contributed by atoms with Crippen LogP contribution in [0.4, 0.5) is 13.2 Å². The van der Waals surface area contributed by atoms with E-state index in [1.165, 1.54) is 12.1 Å². The molecule has 0 saturated carbocycles. The summed E-state index contributed by atoms with van der Waals surface area (Å²) < 4.78 is 45.5. The SMILES string of the molecule is O=C(C1CCNCC1)N(CCOc1ccccc1)C(c1ccc(C(F)(F)F)cc1)c1ccccn1. The molecule has 0 spiro atoms. The molecule has 1 atom stereocenters. The van der Waals surface area contributed by atoms with E-state index >= 15 is 0 Å². The number of carbonyl (C=O) groups excluding carboxylic acids is 1. The minimum absolute atomic E-state index is 0.0429. The predicted octanol–water partition coefficient (Wildman–Crippen LogP) is 5.10. The molecular formula is C27H28F3N3O2. The Kier molecular flexibility index (Phi) is 8.02. The van der Waals surface area contributed by atoms with Crippen molar-refractivity contribution in [1.82, 2.24) is 15.2 Å². The summed E-state index contributed by atoms with van der Waals surface area (Å²) in [5, 5.41) is 3.27. The first kappa shape index (κ1) is 24.7. The van der Waals surface area contributed by atoms with Gasteiger partial charge < -0.3 is 15.0 Å². The summed E-state index contributed by atoms with van der Waals surface area (Å²) in [6.45, 7) is 2.00. The van der Waals surface area contributed by atoms with Crippen LogP contribution in [0.1, 0.15) is 35.7 Å². The Labute approximate surface area is 202 Å². The van der Waals surface area contributed by atoms with Crippen LogP contribution in [0.5, 0.6) is 5.75 Å². The molecule has 1 amide bonds. The lowest BCUT2D eigenvalue weighted by Crippen LogP contribution is -2.45. The first-order chi connectivity index (χ1) is 16.9. The van der Waals surface area contributed by atoms with E-state index in [2.05, 4.69) is 10.3 Å². The highest BCUT2D eigenvalue weighted by molar-refractivity contribution is 5.80. The van der Waals surface area contributed by atoms with Crippen LogP contribution in [0.25, 0.3) is 0 Å². The summed E-state index contributed by atoms with van der Waals surface area (Å²) in [5.41, 5.74) is 0.428. The molecule has 0 bridgehead atoms. The smallest absolute Gasteiger partial charge is 0.416 e. The molecule has 1 N–H and O–H groups in total. The molecule has 5 nitrogen and oxygen atoms in total. The Morgan fingerprint density at radius 3 is 2.31 bits per heavy atom. The molecule has 2 heterocycles. The van der Waals surface area contributed by atoms with Crippen molar-refractivity contribution in [2.45, 2.75) is 25.1 Å². The fourth-order valence-electron chi connectivity index (χ4n) is 4.35. The molecule has 1 aromatic heterocycles. The number of hydrogen-bond donors (Lipinski definition) is 1. The maximum absolute atomic E-state index is 13.8. The Hall–Kier alpha value is -3.39. The second kappa shape index (κ2) is 11.4. The Bertz CT molecular complexity index is 1070. The van der Waals surface area contributed by atoms with Crippen molar-refractivity contribution in [2.75, 3.05) is 26.2 Å². The number of amides is 1. The average Bonchev–Trinajstić information content (AvgIpc) is 2.89. The monoisotopic (exact) mass is 483 g/mol. The number of carbonyl (C=O) groups is 1. The van der Waals surface area contributed by atoms with Crippen LogP contribution in [-0.4, -0.2) is 42.0 Å². The quantitative estimate of drug-likeness (QED) is 0.485. The summed E-state index contributed by atoms with van der Waals surface area (Å²) in [6.07, 6.45) is -1.40. The van der Waals surface area contributed by atoms with E-state index in [-0.39, 0.29) is 25.0 Å². The van der Waals surface area contributed by atoms with Gasteiger partial charge >= 0.3 is 6.18 Å². The molecule has 1 unspecified atom stereocenters. The van der Waals surface area contributed by atoms with Gasteiger partial charge in [-0.3, -0.25) is 9.78 Å². The van der Waals surface area contributed by atoms with E-state index in [0.717, 1.165) is 25.2 Å². The lowest BCUT2D eigenvalue weighted by Gasteiger charge is -2.36. The van der Waals surface area contributed by atoms with Gasteiger partial charge in [-0.25, -0.2) is 0 Å². The molecule has 4 rings (SSSR count). The Balaban J connectivity index is 1.67. The lowest BCUT2D eigenvalue weighted by molar-refractivity contribution is -0.139. The van der Waals surface area contributed by atoms with E-state index in [9.17, 15) is 18.0 Å². The van der Waals surface area contributed by atoms with Crippen molar-refractivity contribution < 1.29 is 22.7 Å². The van der Waals surface area contributed by atoms with Gasteiger partial charge in [0.2, 0.25) is 5.91 Å². The van der Waals surface area contributed by atoms with Crippen molar-refractivity contribution >= 4 is 5.91 Å². The van der Waals surface area contributed by atoms with Crippen LogP contribution in [0, 0.1) is 5.92 Å². The van der Waals surface area contributed by atoms with E-state index in [4.69, 9.17) is 4.74 Å². The summed E-state index contributed by atoms with van der Waals surface area (Å²) in [5.74, 6) is 0.470. The van der Waals surface area contributed by atoms with Gasteiger partial charge in [-0.15, -0.1) is 0 Å². The summed E-state index contributed by atoms with van der Waals surface area (Å²) in [4.78, 5) is 20.0. The molecule has 184 valence electrons. The van der Waals surface area contributed by atoms with Crippen LogP contribution < -0.4 is 10.1 Å². The lowest BCUT2D eigenvalue weighted by atomic mass is 9.93. The number of piperidine rings is 1. The number of benzene rings is 2. The molecular weight excluding hydrogens is 455 g/mol. The highest BCUT2D eigenvalue weighted by atomic mass is 19.4. The molecule has 0 radical (unpaired) electrons. The van der Waals surface area contributed by atoms with Gasteiger partial charge in [-0.2, -0.15) is 13.2 Å². The number of halogens is 3. The standard InChI is InChI=1S/C27H28F3N3O2/c28-27(29,30)22-11-9-20(10-12-22)25(24-8-4-5-15-32-24)33(26(34)21-13-16-31-17-14-21)18-19-35-23-6-2-1-3-7-23/h1-12,15,21,25,31H,13-14,16-19H2. The zero-order valence-corrected chi connectivity index (χ0v) is 19.2. The first-order valence-electron chi connectivity index (χ1n) is 11.7. The van der Waals surface area contributed by atoms with Gasteiger partial charge in [0.05, 0.1) is 23.8 Å². The minimum Gasteiger partial charge on any atom is -0.492 e. The van der Waals surface area contributed by atoms with Gasteiger partial charge in [0.15, 0.2) is 0 Å².